The van der Waals surface area contributed by atoms with Gasteiger partial charge in [-0.25, -0.2) is 0 Å². The number of benzene rings is 2. The molecule has 0 fully saturated rings. The van der Waals surface area contributed by atoms with Gasteiger partial charge in [-0.3, -0.25) is 4.79 Å². The van der Waals surface area contributed by atoms with Crippen molar-refractivity contribution in [3.63, 3.8) is 0 Å². The second kappa shape index (κ2) is 7.47. The van der Waals surface area contributed by atoms with E-state index in [0.717, 1.165) is 20.6 Å². The lowest BCUT2D eigenvalue weighted by Crippen LogP contribution is -2.13. The van der Waals surface area contributed by atoms with Crippen LogP contribution in [-0.2, 0) is 11.4 Å². The van der Waals surface area contributed by atoms with E-state index in [0.29, 0.717) is 5.75 Å². The van der Waals surface area contributed by atoms with Crippen LogP contribution in [0.4, 0.5) is 5.69 Å². The van der Waals surface area contributed by atoms with Crippen molar-refractivity contribution < 1.29 is 9.90 Å². The fourth-order valence-electron chi connectivity index (χ4n) is 1.60. The second-order valence-electron chi connectivity index (χ2n) is 4.15. The van der Waals surface area contributed by atoms with Gasteiger partial charge >= 0.3 is 0 Å². The number of nitrogens with one attached hydrogen (secondary N) is 1. The monoisotopic (exact) mass is 351 g/mol. The van der Waals surface area contributed by atoms with Crippen LogP contribution in [0, 0.1) is 0 Å². The number of aliphatic hydroxyl groups is 1. The minimum atomic E-state index is -0.0423. The van der Waals surface area contributed by atoms with Crippen LogP contribution in [0.5, 0.6) is 0 Å². The Morgan fingerprint density at radius 2 is 1.95 bits per heavy atom. The van der Waals surface area contributed by atoms with Gasteiger partial charge in [0.25, 0.3) is 0 Å². The highest BCUT2D eigenvalue weighted by atomic mass is 79.9. The average Bonchev–Trinajstić information content (AvgIpc) is 2.46. The summed E-state index contributed by atoms with van der Waals surface area (Å²) < 4.78 is 0.933. The second-order valence-corrected chi connectivity index (χ2v) is 6.11. The van der Waals surface area contributed by atoms with Crippen molar-refractivity contribution in [1.29, 1.82) is 0 Å². The highest BCUT2D eigenvalue weighted by molar-refractivity contribution is 9.10. The third-order valence-corrected chi connectivity index (χ3v) is 4.09. The molecule has 0 aliphatic heterocycles. The molecule has 0 unspecified atom stereocenters. The lowest BCUT2D eigenvalue weighted by atomic mass is 10.2. The Balaban J connectivity index is 1.85. The van der Waals surface area contributed by atoms with E-state index in [9.17, 15) is 4.79 Å². The molecule has 2 N–H and O–H groups in total. The number of carbonyl (C=O) groups is 1. The van der Waals surface area contributed by atoms with Crippen molar-refractivity contribution in [2.75, 3.05) is 11.1 Å². The number of carbonyl (C=O) groups excluding carboxylic acids is 1. The molecule has 20 heavy (non-hydrogen) atoms. The molecule has 0 aromatic heterocycles. The van der Waals surface area contributed by atoms with E-state index in [1.807, 2.05) is 48.5 Å². The molecule has 0 atom stereocenters. The van der Waals surface area contributed by atoms with Crippen molar-refractivity contribution >= 4 is 39.3 Å². The molecule has 1 amide bonds. The van der Waals surface area contributed by atoms with Crippen molar-refractivity contribution in [3.8, 4) is 0 Å². The van der Waals surface area contributed by atoms with Gasteiger partial charge < -0.3 is 10.4 Å². The van der Waals surface area contributed by atoms with Crippen LogP contribution in [0.3, 0.4) is 0 Å². The number of thioether (sulfide) groups is 1. The summed E-state index contributed by atoms with van der Waals surface area (Å²) >= 11 is 4.83. The Morgan fingerprint density at radius 3 is 2.60 bits per heavy atom. The van der Waals surface area contributed by atoms with Crippen LogP contribution in [0.15, 0.2) is 57.9 Å². The van der Waals surface area contributed by atoms with E-state index >= 15 is 0 Å². The number of hydrogen-bond donors (Lipinski definition) is 2. The largest absolute Gasteiger partial charge is 0.392 e. The average molecular weight is 352 g/mol. The molecule has 0 bridgehead atoms. The van der Waals surface area contributed by atoms with Crippen LogP contribution >= 0.6 is 27.7 Å². The summed E-state index contributed by atoms with van der Waals surface area (Å²) in [6, 6.07) is 15.0. The third kappa shape index (κ3) is 4.67. The molecule has 0 saturated heterocycles. The smallest absolute Gasteiger partial charge is 0.234 e. The van der Waals surface area contributed by atoms with E-state index in [1.165, 1.54) is 11.8 Å². The van der Waals surface area contributed by atoms with Gasteiger partial charge in [0.1, 0.15) is 0 Å². The number of aliphatic hydroxyl groups excluding tert-OH is 1. The molecule has 2 rings (SSSR count). The Hall–Kier alpha value is -1.30. The molecule has 104 valence electrons. The maximum Gasteiger partial charge on any atom is 0.234 e. The summed E-state index contributed by atoms with van der Waals surface area (Å²) in [4.78, 5) is 12.8. The number of amides is 1. The van der Waals surface area contributed by atoms with Crippen LogP contribution in [0.2, 0.25) is 0 Å². The van der Waals surface area contributed by atoms with Gasteiger partial charge in [-0.05, 0) is 35.9 Å². The summed E-state index contributed by atoms with van der Waals surface area (Å²) in [5.41, 5.74) is 1.65. The summed E-state index contributed by atoms with van der Waals surface area (Å²) in [6.07, 6.45) is 0. The van der Waals surface area contributed by atoms with Crippen molar-refractivity contribution in [2.45, 2.75) is 11.5 Å². The quantitative estimate of drug-likeness (QED) is 0.808. The molecule has 0 spiro atoms. The van der Waals surface area contributed by atoms with E-state index in [-0.39, 0.29) is 12.5 Å². The predicted molar refractivity (Wildman–Crippen MR) is 85.9 cm³/mol. The molecule has 0 saturated carbocycles. The third-order valence-electron chi connectivity index (χ3n) is 2.58. The maximum absolute atomic E-state index is 11.8. The molecular weight excluding hydrogens is 338 g/mol. The molecule has 0 heterocycles. The van der Waals surface area contributed by atoms with E-state index in [1.54, 1.807) is 0 Å². The minimum absolute atomic E-state index is 0.0360. The predicted octanol–water partition coefficient (Wildman–Crippen LogP) is 3.67. The summed E-state index contributed by atoms with van der Waals surface area (Å²) in [6.45, 7) is 0.0360. The Kier molecular flexibility index (Phi) is 5.64. The van der Waals surface area contributed by atoms with Gasteiger partial charge in [0, 0.05) is 15.1 Å². The first-order chi connectivity index (χ1) is 9.67. The van der Waals surface area contributed by atoms with Crippen molar-refractivity contribution in [1.82, 2.24) is 0 Å². The van der Waals surface area contributed by atoms with Crippen LogP contribution in [0.25, 0.3) is 0 Å². The van der Waals surface area contributed by atoms with Crippen LogP contribution < -0.4 is 5.32 Å². The fraction of sp³-hybridized carbons (Fsp3) is 0.133. The number of anilines is 1. The molecule has 2 aromatic carbocycles. The highest BCUT2D eigenvalue weighted by Gasteiger charge is 2.04. The van der Waals surface area contributed by atoms with Gasteiger partial charge in [0.05, 0.1) is 12.4 Å². The highest BCUT2D eigenvalue weighted by Crippen LogP contribution is 2.20. The Bertz CT molecular complexity index is 587. The van der Waals surface area contributed by atoms with Gasteiger partial charge in [0.2, 0.25) is 5.91 Å². The first-order valence-electron chi connectivity index (χ1n) is 6.05. The number of hydrogen-bond acceptors (Lipinski definition) is 3. The first kappa shape index (κ1) is 15.1. The van der Waals surface area contributed by atoms with Gasteiger partial charge in [-0.2, -0.15) is 0 Å². The molecule has 3 nitrogen and oxygen atoms in total. The molecule has 2 aromatic rings. The van der Waals surface area contributed by atoms with E-state index in [4.69, 9.17) is 5.11 Å². The molecule has 0 radical (unpaired) electrons. The topological polar surface area (TPSA) is 49.3 Å². The molecule has 0 aliphatic rings. The summed E-state index contributed by atoms with van der Waals surface area (Å²) in [5.74, 6) is 0.310. The van der Waals surface area contributed by atoms with Crippen LogP contribution in [0.1, 0.15) is 5.56 Å². The van der Waals surface area contributed by atoms with E-state index in [2.05, 4.69) is 21.2 Å². The molecular formula is C15H14BrNO2S. The minimum Gasteiger partial charge on any atom is -0.392 e. The molecule has 5 heteroatoms. The number of rotatable bonds is 5. The fourth-order valence-corrected chi connectivity index (χ4v) is 2.70. The lowest BCUT2D eigenvalue weighted by molar-refractivity contribution is -0.113. The summed E-state index contributed by atoms with van der Waals surface area (Å²) in [7, 11) is 0. The van der Waals surface area contributed by atoms with Gasteiger partial charge in [0.15, 0.2) is 0 Å². The lowest BCUT2D eigenvalue weighted by Gasteiger charge is -2.06. The summed E-state index contributed by atoms with van der Waals surface area (Å²) in [5, 5.41) is 11.8. The first-order valence-corrected chi connectivity index (χ1v) is 7.83. The zero-order chi connectivity index (χ0) is 14.4. The normalized spacial score (nSPS) is 10.3. The van der Waals surface area contributed by atoms with Crippen molar-refractivity contribution in [3.05, 3.63) is 58.6 Å². The Morgan fingerprint density at radius 1 is 1.20 bits per heavy atom. The molecule has 0 aliphatic carbocycles. The number of halogens is 1. The standard InChI is InChI=1S/C15H14BrNO2S/c16-12-2-1-3-13(8-12)17-15(19)10-20-14-6-4-11(9-18)5-7-14/h1-8,18H,9-10H2,(H,17,19). The maximum atomic E-state index is 11.8. The van der Waals surface area contributed by atoms with Crippen LogP contribution in [-0.4, -0.2) is 16.8 Å². The van der Waals surface area contributed by atoms with Crippen molar-refractivity contribution in [2.24, 2.45) is 0 Å². The van der Waals surface area contributed by atoms with E-state index < -0.39 is 0 Å². The zero-order valence-electron chi connectivity index (χ0n) is 10.7. The SMILES string of the molecule is O=C(CSc1ccc(CO)cc1)Nc1cccc(Br)c1. The van der Waals surface area contributed by atoms with Gasteiger partial charge in [-0.1, -0.05) is 34.1 Å². The zero-order valence-corrected chi connectivity index (χ0v) is 13.1. The van der Waals surface area contributed by atoms with Gasteiger partial charge in [-0.15, -0.1) is 11.8 Å². The Labute approximate surface area is 130 Å².